The zero-order valence-corrected chi connectivity index (χ0v) is 11.1. The molecule has 0 aromatic heterocycles. The van der Waals surface area contributed by atoms with Crippen LogP contribution in [0.25, 0.3) is 0 Å². The quantitative estimate of drug-likeness (QED) is 0.856. The van der Waals surface area contributed by atoms with E-state index in [0.29, 0.717) is 12.5 Å². The van der Waals surface area contributed by atoms with E-state index in [1.165, 1.54) is 6.42 Å². The van der Waals surface area contributed by atoms with Crippen LogP contribution in [0.1, 0.15) is 25.8 Å². The van der Waals surface area contributed by atoms with E-state index in [9.17, 15) is 0 Å². The van der Waals surface area contributed by atoms with Crippen molar-refractivity contribution in [2.75, 3.05) is 18.5 Å². The molecular weight excluding hydrogens is 220 g/mol. The maximum Gasteiger partial charge on any atom is 0.0426 e. The van der Waals surface area contributed by atoms with E-state index in [0.717, 1.165) is 22.8 Å². The molecule has 90 valence electrons. The third-order valence-electron chi connectivity index (χ3n) is 2.72. The van der Waals surface area contributed by atoms with Gasteiger partial charge in [0.25, 0.3) is 0 Å². The van der Waals surface area contributed by atoms with Gasteiger partial charge in [-0.1, -0.05) is 31.5 Å². The van der Waals surface area contributed by atoms with Gasteiger partial charge in [0.2, 0.25) is 0 Å². The Morgan fingerprint density at radius 2 is 2.06 bits per heavy atom. The van der Waals surface area contributed by atoms with E-state index in [4.69, 9.17) is 17.3 Å². The molecule has 1 aromatic carbocycles. The standard InChI is InChI=1S/C13H21ClN2/c1-10(2)6-7-16(3)13-8-12(14)5-4-11(13)9-15/h4-5,8,10H,6-7,9,15H2,1-3H3. The summed E-state index contributed by atoms with van der Waals surface area (Å²) in [6.07, 6.45) is 1.17. The molecular formula is C13H21ClN2. The topological polar surface area (TPSA) is 29.3 Å². The smallest absolute Gasteiger partial charge is 0.0426 e. The highest BCUT2D eigenvalue weighted by Gasteiger charge is 2.07. The second-order valence-electron chi connectivity index (χ2n) is 4.58. The Balaban J connectivity index is 2.80. The minimum absolute atomic E-state index is 0.554. The van der Waals surface area contributed by atoms with E-state index in [1.54, 1.807) is 0 Å². The minimum Gasteiger partial charge on any atom is -0.374 e. The average molecular weight is 241 g/mol. The molecule has 1 rings (SSSR count). The number of rotatable bonds is 5. The van der Waals surface area contributed by atoms with E-state index < -0.39 is 0 Å². The van der Waals surface area contributed by atoms with Gasteiger partial charge in [-0.15, -0.1) is 0 Å². The molecule has 2 N–H and O–H groups in total. The maximum atomic E-state index is 6.01. The average Bonchev–Trinajstić information content (AvgIpc) is 2.25. The number of nitrogens with zero attached hydrogens (tertiary/aromatic N) is 1. The largest absolute Gasteiger partial charge is 0.374 e. The molecule has 0 fully saturated rings. The summed E-state index contributed by atoms with van der Waals surface area (Å²) in [5.41, 5.74) is 8.02. The number of benzene rings is 1. The Morgan fingerprint density at radius 3 is 2.62 bits per heavy atom. The van der Waals surface area contributed by atoms with Crippen molar-refractivity contribution in [3.8, 4) is 0 Å². The summed E-state index contributed by atoms with van der Waals surface area (Å²) in [4.78, 5) is 2.23. The third-order valence-corrected chi connectivity index (χ3v) is 2.96. The van der Waals surface area contributed by atoms with Crippen molar-refractivity contribution in [2.24, 2.45) is 11.7 Å². The molecule has 0 heterocycles. The first-order chi connectivity index (χ1) is 7.54. The molecule has 16 heavy (non-hydrogen) atoms. The molecule has 0 aliphatic carbocycles. The molecule has 3 heteroatoms. The van der Waals surface area contributed by atoms with Crippen LogP contribution in [0.15, 0.2) is 18.2 Å². The second-order valence-corrected chi connectivity index (χ2v) is 5.02. The summed E-state index contributed by atoms with van der Waals surface area (Å²) < 4.78 is 0. The third kappa shape index (κ3) is 3.69. The van der Waals surface area contributed by atoms with Gasteiger partial charge in [0, 0.05) is 30.8 Å². The van der Waals surface area contributed by atoms with Crippen molar-refractivity contribution in [1.82, 2.24) is 0 Å². The molecule has 0 aliphatic heterocycles. The molecule has 2 nitrogen and oxygen atoms in total. The highest BCUT2D eigenvalue weighted by Crippen LogP contribution is 2.24. The Bertz CT molecular complexity index is 337. The van der Waals surface area contributed by atoms with Crippen LogP contribution in [0.3, 0.4) is 0 Å². The van der Waals surface area contributed by atoms with E-state index >= 15 is 0 Å². The van der Waals surface area contributed by atoms with Gasteiger partial charge >= 0.3 is 0 Å². The molecule has 1 aromatic rings. The molecule has 0 bridgehead atoms. The monoisotopic (exact) mass is 240 g/mol. The molecule has 0 atom stereocenters. The molecule has 0 unspecified atom stereocenters. The fraction of sp³-hybridized carbons (Fsp3) is 0.538. The summed E-state index contributed by atoms with van der Waals surface area (Å²) in [5.74, 6) is 0.711. The van der Waals surface area contributed by atoms with Gasteiger partial charge in [0.15, 0.2) is 0 Å². The maximum absolute atomic E-state index is 6.01. The van der Waals surface area contributed by atoms with E-state index in [-0.39, 0.29) is 0 Å². The van der Waals surface area contributed by atoms with Gasteiger partial charge in [0.1, 0.15) is 0 Å². The number of anilines is 1. The lowest BCUT2D eigenvalue weighted by molar-refractivity contribution is 0.584. The van der Waals surface area contributed by atoms with E-state index in [2.05, 4.69) is 25.8 Å². The predicted octanol–water partition coefficient (Wildman–Crippen LogP) is 3.28. The second kappa shape index (κ2) is 6.12. The van der Waals surface area contributed by atoms with Crippen molar-refractivity contribution in [2.45, 2.75) is 26.8 Å². The molecule has 0 amide bonds. The van der Waals surface area contributed by atoms with Crippen LogP contribution in [0, 0.1) is 5.92 Å². The first-order valence-corrected chi connectivity index (χ1v) is 6.12. The zero-order chi connectivity index (χ0) is 12.1. The van der Waals surface area contributed by atoms with Crippen LogP contribution in [0.5, 0.6) is 0 Å². The first-order valence-electron chi connectivity index (χ1n) is 5.74. The molecule has 0 saturated carbocycles. The number of nitrogens with two attached hydrogens (primary N) is 1. The van der Waals surface area contributed by atoms with Gasteiger partial charge in [0.05, 0.1) is 0 Å². The molecule has 0 saturated heterocycles. The minimum atomic E-state index is 0.554. The molecule has 0 spiro atoms. The summed E-state index contributed by atoms with van der Waals surface area (Å²) in [6, 6.07) is 5.89. The zero-order valence-electron chi connectivity index (χ0n) is 10.3. The molecule has 0 aliphatic rings. The van der Waals surface area contributed by atoms with Gasteiger partial charge in [-0.3, -0.25) is 0 Å². The van der Waals surface area contributed by atoms with Crippen LogP contribution < -0.4 is 10.6 Å². The van der Waals surface area contributed by atoms with Crippen LogP contribution >= 0.6 is 11.6 Å². The van der Waals surface area contributed by atoms with Gasteiger partial charge in [-0.2, -0.15) is 0 Å². The lowest BCUT2D eigenvalue weighted by Crippen LogP contribution is -2.21. The summed E-state index contributed by atoms with van der Waals surface area (Å²) in [6.45, 7) is 6.05. The summed E-state index contributed by atoms with van der Waals surface area (Å²) in [7, 11) is 2.09. The summed E-state index contributed by atoms with van der Waals surface area (Å²) in [5, 5.41) is 0.767. The lowest BCUT2D eigenvalue weighted by atomic mass is 10.1. The van der Waals surface area contributed by atoms with Gasteiger partial charge < -0.3 is 10.6 Å². The van der Waals surface area contributed by atoms with Crippen molar-refractivity contribution >= 4 is 17.3 Å². The fourth-order valence-electron chi connectivity index (χ4n) is 1.64. The van der Waals surface area contributed by atoms with Crippen molar-refractivity contribution in [1.29, 1.82) is 0 Å². The number of hydrogen-bond acceptors (Lipinski definition) is 2. The first kappa shape index (κ1) is 13.3. The van der Waals surface area contributed by atoms with Crippen LogP contribution in [0.4, 0.5) is 5.69 Å². The Kier molecular flexibility index (Phi) is 5.10. The molecule has 0 radical (unpaired) electrons. The number of halogens is 1. The van der Waals surface area contributed by atoms with Crippen molar-refractivity contribution < 1.29 is 0 Å². The van der Waals surface area contributed by atoms with Crippen molar-refractivity contribution in [3.63, 3.8) is 0 Å². The number of hydrogen-bond donors (Lipinski definition) is 1. The highest BCUT2D eigenvalue weighted by atomic mass is 35.5. The highest BCUT2D eigenvalue weighted by molar-refractivity contribution is 6.30. The van der Waals surface area contributed by atoms with Crippen LogP contribution in [0.2, 0.25) is 5.02 Å². The summed E-state index contributed by atoms with van der Waals surface area (Å²) >= 11 is 6.01. The predicted molar refractivity (Wildman–Crippen MR) is 72.1 cm³/mol. The van der Waals surface area contributed by atoms with Gasteiger partial charge in [-0.25, -0.2) is 0 Å². The Morgan fingerprint density at radius 1 is 1.38 bits per heavy atom. The van der Waals surface area contributed by atoms with Gasteiger partial charge in [-0.05, 0) is 30.0 Å². The normalized spacial score (nSPS) is 10.9. The van der Waals surface area contributed by atoms with Crippen molar-refractivity contribution in [3.05, 3.63) is 28.8 Å². The SMILES string of the molecule is CC(C)CCN(C)c1cc(Cl)ccc1CN. The Hall–Kier alpha value is -0.730. The lowest BCUT2D eigenvalue weighted by Gasteiger charge is -2.23. The van der Waals surface area contributed by atoms with Crippen LogP contribution in [-0.2, 0) is 6.54 Å². The van der Waals surface area contributed by atoms with Crippen LogP contribution in [-0.4, -0.2) is 13.6 Å². The Labute approximate surface area is 103 Å². The van der Waals surface area contributed by atoms with E-state index in [1.807, 2.05) is 18.2 Å². The fourth-order valence-corrected chi connectivity index (χ4v) is 1.80.